The Morgan fingerprint density at radius 1 is 1.35 bits per heavy atom. The molecule has 2 heterocycles. The summed E-state index contributed by atoms with van der Waals surface area (Å²) in [5.41, 5.74) is -0.0199. The second kappa shape index (κ2) is 10.4. The molecule has 0 aliphatic rings. The molecule has 0 unspecified atom stereocenters. The van der Waals surface area contributed by atoms with Crippen molar-refractivity contribution in [3.8, 4) is 10.7 Å². The number of amides is 1. The number of hydrogen-bond acceptors (Lipinski definition) is 9. The van der Waals surface area contributed by atoms with Gasteiger partial charge in [0.25, 0.3) is 11.6 Å². The number of carbonyl (C=O) groups excluding carboxylic acids is 2. The average molecular weight is 482 g/mol. The Morgan fingerprint density at radius 3 is 2.81 bits per heavy atom. The average Bonchev–Trinajstić information content (AvgIpc) is 3.41. The van der Waals surface area contributed by atoms with E-state index in [1.165, 1.54) is 12.1 Å². The fourth-order valence-corrected chi connectivity index (χ4v) is 4.22. The lowest BCUT2D eigenvalue weighted by Gasteiger charge is -2.08. The van der Waals surface area contributed by atoms with Crippen LogP contribution in [0.4, 0.5) is 11.4 Å². The highest BCUT2D eigenvalue weighted by atomic mass is 35.5. The Kier molecular flexibility index (Phi) is 7.60. The van der Waals surface area contributed by atoms with Crippen LogP contribution in [0, 0.1) is 10.1 Å². The summed E-state index contributed by atoms with van der Waals surface area (Å²) in [5.74, 6) is -0.537. The van der Waals surface area contributed by atoms with Crippen LogP contribution in [0.1, 0.15) is 6.92 Å². The number of benzene rings is 1. The lowest BCUT2D eigenvalue weighted by Crippen LogP contribution is -2.21. The summed E-state index contributed by atoms with van der Waals surface area (Å²) in [4.78, 5) is 35.1. The predicted octanol–water partition coefficient (Wildman–Crippen LogP) is 3.86. The molecule has 31 heavy (non-hydrogen) atoms. The van der Waals surface area contributed by atoms with Crippen molar-refractivity contribution in [1.29, 1.82) is 0 Å². The quantitative estimate of drug-likeness (QED) is 0.211. The number of nitrogens with zero attached hydrogens (tertiary/aromatic N) is 4. The highest BCUT2D eigenvalue weighted by Crippen LogP contribution is 2.28. The van der Waals surface area contributed by atoms with Crippen molar-refractivity contribution in [2.75, 3.05) is 17.7 Å². The van der Waals surface area contributed by atoms with Gasteiger partial charge in [-0.3, -0.25) is 19.7 Å². The molecule has 2 aromatic heterocycles. The van der Waals surface area contributed by atoms with Gasteiger partial charge in [0.1, 0.15) is 0 Å². The fraction of sp³-hybridized carbons (Fsp3) is 0.222. The molecule has 10 nitrogen and oxygen atoms in total. The number of nitrogens with one attached hydrogen (secondary N) is 1. The smallest absolute Gasteiger partial charge is 0.316 e. The summed E-state index contributed by atoms with van der Waals surface area (Å²) < 4.78 is 6.87. The van der Waals surface area contributed by atoms with Gasteiger partial charge >= 0.3 is 5.97 Å². The minimum atomic E-state index is -0.620. The largest absolute Gasteiger partial charge is 0.455 e. The van der Waals surface area contributed by atoms with E-state index in [9.17, 15) is 19.7 Å². The number of thiophene rings is 1. The minimum absolute atomic E-state index is 0.00452. The topological polar surface area (TPSA) is 129 Å². The van der Waals surface area contributed by atoms with Crippen molar-refractivity contribution in [2.45, 2.75) is 18.6 Å². The van der Waals surface area contributed by atoms with E-state index in [2.05, 4.69) is 15.5 Å². The van der Waals surface area contributed by atoms with Crippen molar-refractivity contribution in [3.63, 3.8) is 0 Å². The number of aromatic nitrogens is 3. The zero-order valence-electron chi connectivity index (χ0n) is 16.1. The van der Waals surface area contributed by atoms with Crippen molar-refractivity contribution in [3.05, 3.63) is 50.8 Å². The number of thioether (sulfide) groups is 1. The van der Waals surface area contributed by atoms with Crippen LogP contribution in [-0.2, 0) is 20.9 Å². The molecule has 0 atom stereocenters. The van der Waals surface area contributed by atoms with E-state index in [1.54, 1.807) is 11.3 Å². The molecule has 0 radical (unpaired) electrons. The third-order valence-corrected chi connectivity index (χ3v) is 6.01. The van der Waals surface area contributed by atoms with Crippen LogP contribution in [0.25, 0.3) is 10.7 Å². The van der Waals surface area contributed by atoms with Crippen LogP contribution in [-0.4, -0.2) is 43.9 Å². The monoisotopic (exact) mass is 481 g/mol. The molecule has 0 saturated carbocycles. The molecular formula is C18H16ClN5O5S2. The molecule has 1 N–H and O–H groups in total. The van der Waals surface area contributed by atoms with Gasteiger partial charge in [0.15, 0.2) is 17.6 Å². The van der Waals surface area contributed by atoms with Gasteiger partial charge in [-0.15, -0.1) is 21.5 Å². The summed E-state index contributed by atoms with van der Waals surface area (Å²) in [6.07, 6.45) is 0. The van der Waals surface area contributed by atoms with E-state index in [0.717, 1.165) is 28.5 Å². The van der Waals surface area contributed by atoms with E-state index in [0.29, 0.717) is 11.7 Å². The molecule has 162 valence electrons. The molecule has 1 aromatic carbocycles. The highest BCUT2D eigenvalue weighted by molar-refractivity contribution is 7.99. The van der Waals surface area contributed by atoms with Crippen LogP contribution in [0.3, 0.4) is 0 Å². The number of esters is 1. The van der Waals surface area contributed by atoms with Crippen molar-refractivity contribution >= 4 is 58.0 Å². The highest BCUT2D eigenvalue weighted by Gasteiger charge is 2.17. The lowest BCUT2D eigenvalue weighted by atomic mass is 10.3. The van der Waals surface area contributed by atoms with E-state index in [1.807, 2.05) is 29.0 Å². The Bertz CT molecular complexity index is 1100. The second-order valence-electron chi connectivity index (χ2n) is 5.95. The first kappa shape index (κ1) is 22.7. The number of ether oxygens (including phenoxy) is 1. The van der Waals surface area contributed by atoms with Gasteiger partial charge in [-0.2, -0.15) is 0 Å². The minimum Gasteiger partial charge on any atom is -0.455 e. The van der Waals surface area contributed by atoms with Crippen LogP contribution >= 0.6 is 34.7 Å². The number of anilines is 1. The fourth-order valence-electron chi connectivity index (χ4n) is 2.49. The molecule has 3 aromatic rings. The van der Waals surface area contributed by atoms with Crippen molar-refractivity contribution in [1.82, 2.24) is 14.8 Å². The van der Waals surface area contributed by atoms with Crippen LogP contribution < -0.4 is 5.32 Å². The first-order chi connectivity index (χ1) is 14.9. The van der Waals surface area contributed by atoms with E-state index >= 15 is 0 Å². The van der Waals surface area contributed by atoms with Crippen molar-refractivity contribution in [2.24, 2.45) is 0 Å². The maximum absolute atomic E-state index is 12.0. The molecule has 0 fully saturated rings. The van der Waals surface area contributed by atoms with Crippen LogP contribution in [0.2, 0.25) is 5.02 Å². The van der Waals surface area contributed by atoms with Gasteiger partial charge in [0, 0.05) is 18.7 Å². The number of nitro groups is 1. The number of carbonyl (C=O) groups is 2. The number of nitro benzene ring substituents is 1. The van der Waals surface area contributed by atoms with E-state index in [4.69, 9.17) is 16.3 Å². The molecule has 0 aliphatic carbocycles. The first-order valence-electron chi connectivity index (χ1n) is 8.88. The Morgan fingerprint density at radius 2 is 2.16 bits per heavy atom. The van der Waals surface area contributed by atoms with Gasteiger partial charge in [0.05, 0.1) is 26.3 Å². The molecular weight excluding hydrogens is 466 g/mol. The standard InChI is InChI=1S/C18H16ClN5O5S2/c1-2-23-17(14-4-3-7-30-14)21-22-18(23)31-10-16(26)29-9-15(25)20-13-6-5-11(24(27)28)8-12(13)19/h3-8H,2,9-10H2,1H3,(H,20,25). The summed E-state index contributed by atoms with van der Waals surface area (Å²) in [7, 11) is 0. The van der Waals surface area contributed by atoms with Gasteiger partial charge in [-0.05, 0) is 24.4 Å². The molecule has 0 spiro atoms. The molecule has 1 amide bonds. The molecule has 0 aliphatic heterocycles. The Balaban J connectivity index is 1.50. The third-order valence-electron chi connectivity index (χ3n) is 3.90. The Hall–Kier alpha value is -2.96. The number of non-ortho nitro benzene ring substituents is 1. The van der Waals surface area contributed by atoms with Gasteiger partial charge in [0.2, 0.25) is 0 Å². The van der Waals surface area contributed by atoms with E-state index in [-0.39, 0.29) is 22.2 Å². The molecule has 0 saturated heterocycles. The van der Waals surface area contributed by atoms with Crippen molar-refractivity contribution < 1.29 is 19.2 Å². The summed E-state index contributed by atoms with van der Waals surface area (Å²) in [5, 5.41) is 24.0. The number of halogens is 1. The summed E-state index contributed by atoms with van der Waals surface area (Å²) in [6.45, 7) is 2.07. The lowest BCUT2D eigenvalue weighted by molar-refractivity contribution is -0.384. The zero-order valence-corrected chi connectivity index (χ0v) is 18.5. The zero-order chi connectivity index (χ0) is 22.4. The second-order valence-corrected chi connectivity index (χ2v) is 8.24. The predicted molar refractivity (Wildman–Crippen MR) is 117 cm³/mol. The third kappa shape index (κ3) is 5.81. The number of rotatable bonds is 9. The molecule has 0 bridgehead atoms. The normalized spacial score (nSPS) is 10.6. The van der Waals surface area contributed by atoms with Crippen LogP contribution in [0.5, 0.6) is 0 Å². The van der Waals surface area contributed by atoms with Gasteiger partial charge < -0.3 is 14.6 Å². The Labute approximate surface area is 189 Å². The SMILES string of the molecule is CCn1c(SCC(=O)OCC(=O)Nc2ccc([N+](=O)[O-])cc2Cl)nnc1-c1cccs1. The number of hydrogen-bond donors (Lipinski definition) is 1. The maximum Gasteiger partial charge on any atom is 0.316 e. The summed E-state index contributed by atoms with van der Waals surface area (Å²) in [6, 6.07) is 7.50. The first-order valence-corrected chi connectivity index (χ1v) is 11.1. The van der Waals surface area contributed by atoms with Gasteiger partial charge in [-0.1, -0.05) is 29.4 Å². The molecule has 3 rings (SSSR count). The maximum atomic E-state index is 12.0. The van der Waals surface area contributed by atoms with Crippen LogP contribution in [0.15, 0.2) is 40.9 Å². The van der Waals surface area contributed by atoms with Gasteiger partial charge in [-0.25, -0.2) is 0 Å². The van der Waals surface area contributed by atoms with E-state index < -0.39 is 23.4 Å². The molecule has 13 heteroatoms. The summed E-state index contributed by atoms with van der Waals surface area (Å²) >= 11 is 8.63.